The van der Waals surface area contributed by atoms with Crippen LogP contribution in [0.15, 0.2) is 53.4 Å². The van der Waals surface area contributed by atoms with Crippen molar-refractivity contribution in [1.82, 2.24) is 9.62 Å². The van der Waals surface area contributed by atoms with Crippen LogP contribution >= 0.6 is 11.6 Å². The lowest BCUT2D eigenvalue weighted by atomic mass is 10.1. The van der Waals surface area contributed by atoms with Gasteiger partial charge in [-0.2, -0.15) is 4.31 Å². The molecule has 1 saturated heterocycles. The number of amides is 1. The van der Waals surface area contributed by atoms with Gasteiger partial charge in [-0.3, -0.25) is 4.79 Å². The minimum atomic E-state index is -3.52. The second-order valence-electron chi connectivity index (χ2n) is 6.59. The number of rotatable bonds is 7. The molecule has 1 fully saturated rings. The Hall–Kier alpha value is -1.89. The Morgan fingerprint density at radius 3 is 2.56 bits per heavy atom. The van der Waals surface area contributed by atoms with Gasteiger partial charge in [-0.05, 0) is 55.5 Å². The molecular weight excluding hydrogens is 384 g/mol. The molecule has 0 spiro atoms. The van der Waals surface area contributed by atoms with Gasteiger partial charge >= 0.3 is 0 Å². The van der Waals surface area contributed by atoms with Crippen LogP contribution in [0.25, 0.3) is 0 Å². The molecule has 0 bridgehead atoms. The van der Waals surface area contributed by atoms with E-state index in [1.807, 2.05) is 24.3 Å². The monoisotopic (exact) mass is 406 g/mol. The predicted octanol–water partition coefficient (Wildman–Crippen LogP) is 3.49. The minimum Gasteiger partial charge on any atom is -0.352 e. The molecule has 0 aliphatic carbocycles. The third kappa shape index (κ3) is 4.89. The molecule has 0 unspecified atom stereocenters. The number of hydrogen-bond acceptors (Lipinski definition) is 3. The fourth-order valence-electron chi connectivity index (χ4n) is 3.16. The van der Waals surface area contributed by atoms with E-state index in [1.54, 1.807) is 18.2 Å². The molecule has 1 aliphatic heterocycles. The molecule has 2 aromatic rings. The van der Waals surface area contributed by atoms with Crippen LogP contribution in [0.3, 0.4) is 0 Å². The molecule has 1 heterocycles. The maximum Gasteiger partial charge on any atom is 0.251 e. The molecule has 5 nitrogen and oxygen atoms in total. The fraction of sp³-hybridized carbons (Fsp3) is 0.350. The number of halogens is 1. The van der Waals surface area contributed by atoms with E-state index in [4.69, 9.17) is 11.6 Å². The van der Waals surface area contributed by atoms with E-state index in [9.17, 15) is 13.2 Å². The summed E-state index contributed by atoms with van der Waals surface area (Å²) >= 11 is 6.13. The zero-order valence-corrected chi connectivity index (χ0v) is 16.6. The molecule has 0 atom stereocenters. The molecule has 0 saturated carbocycles. The Bertz CT molecular complexity index is 909. The van der Waals surface area contributed by atoms with Crippen molar-refractivity contribution >= 4 is 27.5 Å². The molecule has 1 aliphatic rings. The van der Waals surface area contributed by atoms with Crippen molar-refractivity contribution in [3.63, 3.8) is 0 Å². The lowest BCUT2D eigenvalue weighted by Gasteiger charge is -2.16. The minimum absolute atomic E-state index is 0.174. The van der Waals surface area contributed by atoms with Crippen molar-refractivity contribution in [2.45, 2.75) is 30.6 Å². The summed E-state index contributed by atoms with van der Waals surface area (Å²) in [5.41, 5.74) is 1.40. The van der Waals surface area contributed by atoms with Crippen LogP contribution in [0.2, 0.25) is 5.02 Å². The second kappa shape index (κ2) is 8.87. The van der Waals surface area contributed by atoms with E-state index in [0.717, 1.165) is 36.3 Å². The molecule has 0 aromatic heterocycles. The van der Waals surface area contributed by atoms with E-state index in [0.29, 0.717) is 25.2 Å². The van der Waals surface area contributed by atoms with Gasteiger partial charge in [0, 0.05) is 30.2 Å². The molecule has 27 heavy (non-hydrogen) atoms. The standard InChI is InChI=1S/C20H23ClN2O3S/c21-19-11-2-1-7-16(19)9-6-12-22-20(24)17-8-5-10-18(15-17)27(25,26)23-13-3-4-14-23/h1-2,5,7-8,10-11,15H,3-4,6,9,12-14H2,(H,22,24). The molecule has 7 heteroatoms. The number of sulfonamides is 1. The van der Waals surface area contributed by atoms with Gasteiger partial charge in [-0.1, -0.05) is 35.9 Å². The average Bonchev–Trinajstić information content (AvgIpc) is 3.22. The summed E-state index contributed by atoms with van der Waals surface area (Å²) in [4.78, 5) is 12.6. The van der Waals surface area contributed by atoms with Crippen LogP contribution in [0, 0.1) is 0 Å². The summed E-state index contributed by atoms with van der Waals surface area (Å²) in [5, 5.41) is 3.57. The Labute approximate surface area is 165 Å². The van der Waals surface area contributed by atoms with E-state index in [-0.39, 0.29) is 10.8 Å². The van der Waals surface area contributed by atoms with E-state index < -0.39 is 10.0 Å². The Morgan fingerprint density at radius 2 is 1.81 bits per heavy atom. The Kier molecular flexibility index (Phi) is 6.52. The van der Waals surface area contributed by atoms with Gasteiger partial charge in [0.15, 0.2) is 0 Å². The van der Waals surface area contributed by atoms with Gasteiger partial charge in [0.2, 0.25) is 10.0 Å². The van der Waals surface area contributed by atoms with Gasteiger partial charge in [0.1, 0.15) is 0 Å². The predicted molar refractivity (Wildman–Crippen MR) is 107 cm³/mol. The van der Waals surface area contributed by atoms with Crippen LogP contribution in [-0.4, -0.2) is 38.3 Å². The molecule has 1 amide bonds. The molecule has 2 aromatic carbocycles. The fourth-order valence-corrected chi connectivity index (χ4v) is 4.95. The second-order valence-corrected chi connectivity index (χ2v) is 8.94. The molecule has 3 rings (SSSR count). The molecule has 1 N–H and O–H groups in total. The zero-order valence-electron chi connectivity index (χ0n) is 15.0. The summed E-state index contributed by atoms with van der Waals surface area (Å²) in [6.07, 6.45) is 3.28. The summed E-state index contributed by atoms with van der Waals surface area (Å²) < 4.78 is 26.8. The summed E-state index contributed by atoms with van der Waals surface area (Å²) in [7, 11) is -3.52. The number of carbonyl (C=O) groups excluding carboxylic acids is 1. The van der Waals surface area contributed by atoms with Crippen molar-refractivity contribution in [2.75, 3.05) is 19.6 Å². The maximum atomic E-state index is 12.6. The molecular formula is C20H23ClN2O3S. The highest BCUT2D eigenvalue weighted by Crippen LogP contribution is 2.21. The molecule has 144 valence electrons. The van der Waals surface area contributed by atoms with Crippen LogP contribution in [0.5, 0.6) is 0 Å². The summed E-state index contributed by atoms with van der Waals surface area (Å²) in [6.45, 7) is 1.58. The largest absolute Gasteiger partial charge is 0.352 e. The third-order valence-electron chi connectivity index (χ3n) is 4.67. The van der Waals surface area contributed by atoms with Crippen LogP contribution in [0.1, 0.15) is 35.2 Å². The van der Waals surface area contributed by atoms with Gasteiger partial charge in [-0.15, -0.1) is 0 Å². The first-order valence-corrected chi connectivity index (χ1v) is 10.9. The Balaban J connectivity index is 1.58. The van der Waals surface area contributed by atoms with Gasteiger partial charge in [-0.25, -0.2) is 8.42 Å². The summed E-state index contributed by atoms with van der Waals surface area (Å²) in [6, 6.07) is 13.9. The van der Waals surface area contributed by atoms with Crippen molar-refractivity contribution in [3.05, 3.63) is 64.7 Å². The van der Waals surface area contributed by atoms with Gasteiger partial charge in [0.25, 0.3) is 5.91 Å². The van der Waals surface area contributed by atoms with Crippen molar-refractivity contribution < 1.29 is 13.2 Å². The quantitative estimate of drug-likeness (QED) is 0.716. The van der Waals surface area contributed by atoms with Crippen LogP contribution in [-0.2, 0) is 16.4 Å². The lowest BCUT2D eigenvalue weighted by Crippen LogP contribution is -2.29. The number of nitrogens with zero attached hydrogens (tertiary/aromatic N) is 1. The van der Waals surface area contributed by atoms with Crippen molar-refractivity contribution in [1.29, 1.82) is 0 Å². The van der Waals surface area contributed by atoms with Gasteiger partial charge in [0.05, 0.1) is 4.90 Å². The number of benzene rings is 2. The highest BCUT2D eigenvalue weighted by Gasteiger charge is 2.27. The van der Waals surface area contributed by atoms with Crippen LogP contribution in [0.4, 0.5) is 0 Å². The first kappa shape index (κ1) is 19.9. The Morgan fingerprint density at radius 1 is 1.07 bits per heavy atom. The smallest absolute Gasteiger partial charge is 0.251 e. The highest BCUT2D eigenvalue weighted by molar-refractivity contribution is 7.89. The van der Waals surface area contributed by atoms with E-state index in [2.05, 4.69) is 5.32 Å². The lowest BCUT2D eigenvalue weighted by molar-refractivity contribution is 0.0953. The number of aryl methyl sites for hydroxylation is 1. The highest BCUT2D eigenvalue weighted by atomic mass is 35.5. The van der Waals surface area contributed by atoms with Crippen molar-refractivity contribution in [2.24, 2.45) is 0 Å². The maximum absolute atomic E-state index is 12.6. The van der Waals surface area contributed by atoms with Crippen molar-refractivity contribution in [3.8, 4) is 0 Å². The summed E-state index contributed by atoms with van der Waals surface area (Å²) in [5.74, 6) is -0.271. The SMILES string of the molecule is O=C(NCCCc1ccccc1Cl)c1cccc(S(=O)(=O)N2CCCC2)c1. The zero-order chi connectivity index (χ0) is 19.3. The van der Waals surface area contributed by atoms with E-state index in [1.165, 1.54) is 10.4 Å². The topological polar surface area (TPSA) is 66.5 Å². The van der Waals surface area contributed by atoms with E-state index >= 15 is 0 Å². The number of nitrogens with one attached hydrogen (secondary N) is 1. The molecule has 0 radical (unpaired) electrons. The average molecular weight is 407 g/mol. The number of hydrogen-bond donors (Lipinski definition) is 1. The first-order chi connectivity index (χ1) is 13.0. The van der Waals surface area contributed by atoms with Crippen LogP contribution < -0.4 is 5.32 Å². The first-order valence-electron chi connectivity index (χ1n) is 9.10. The third-order valence-corrected chi connectivity index (χ3v) is 6.93. The van der Waals surface area contributed by atoms with Gasteiger partial charge < -0.3 is 5.32 Å². The number of carbonyl (C=O) groups is 1. The normalized spacial score (nSPS) is 15.0.